The van der Waals surface area contributed by atoms with Gasteiger partial charge in [-0.2, -0.15) is 5.10 Å². The monoisotopic (exact) mass is 338 g/mol. The molecule has 3 rings (SSSR count). The maximum absolute atomic E-state index is 6.17. The Bertz CT molecular complexity index is 822. The van der Waals surface area contributed by atoms with E-state index in [1.165, 1.54) is 0 Å². The smallest absolute Gasteiger partial charge is 0.129 e. The molecule has 3 aromatic rings. The Kier molecular flexibility index (Phi) is 3.65. The average molecular weight is 339 g/mol. The van der Waals surface area contributed by atoms with E-state index >= 15 is 0 Å². The summed E-state index contributed by atoms with van der Waals surface area (Å²) in [5, 5.41) is 8.43. The summed E-state index contributed by atoms with van der Waals surface area (Å²) in [6.45, 7) is 1.96. The lowest BCUT2D eigenvalue weighted by atomic mass is 10.0. The minimum atomic E-state index is 0.484. The zero-order valence-corrected chi connectivity index (χ0v) is 13.7. The van der Waals surface area contributed by atoms with E-state index in [-0.39, 0.29) is 0 Å². The molecule has 0 fully saturated rings. The highest BCUT2D eigenvalue weighted by molar-refractivity contribution is 7.09. The first kappa shape index (κ1) is 14.4. The molecule has 4 nitrogen and oxygen atoms in total. The zero-order valence-electron chi connectivity index (χ0n) is 11.4. The summed E-state index contributed by atoms with van der Waals surface area (Å²) in [5.74, 6) is 0.564. The molecule has 21 heavy (non-hydrogen) atoms. The maximum Gasteiger partial charge on any atom is 0.129 e. The van der Waals surface area contributed by atoms with Crippen molar-refractivity contribution in [1.29, 1.82) is 0 Å². The van der Waals surface area contributed by atoms with Crippen molar-refractivity contribution in [3.63, 3.8) is 0 Å². The fourth-order valence-electron chi connectivity index (χ4n) is 2.12. The summed E-state index contributed by atoms with van der Waals surface area (Å²) in [6.07, 6.45) is 0. The molecule has 0 saturated heterocycles. The molecule has 0 spiro atoms. The van der Waals surface area contributed by atoms with Crippen LogP contribution in [0.5, 0.6) is 0 Å². The number of thiazole rings is 1. The van der Waals surface area contributed by atoms with Crippen molar-refractivity contribution in [3.05, 3.63) is 38.6 Å². The van der Waals surface area contributed by atoms with Gasteiger partial charge in [0, 0.05) is 12.4 Å². The SMILES string of the molecule is Cc1nc(-c2nn(C)c(N)c2-c2ccc(Cl)c(Cl)c2)cs1. The van der Waals surface area contributed by atoms with Crippen molar-refractivity contribution >= 4 is 40.4 Å². The van der Waals surface area contributed by atoms with Gasteiger partial charge in [-0.15, -0.1) is 11.3 Å². The Morgan fingerprint density at radius 2 is 2.00 bits per heavy atom. The molecule has 1 aromatic carbocycles. The van der Waals surface area contributed by atoms with Crippen LogP contribution in [0.4, 0.5) is 5.82 Å². The predicted octanol–water partition coefficient (Wildman–Crippen LogP) is 4.41. The molecule has 2 heterocycles. The third-order valence-corrected chi connectivity index (χ3v) is 4.67. The topological polar surface area (TPSA) is 56.7 Å². The van der Waals surface area contributed by atoms with Gasteiger partial charge in [-0.1, -0.05) is 29.3 Å². The lowest BCUT2D eigenvalue weighted by Gasteiger charge is -2.04. The van der Waals surface area contributed by atoms with Crippen molar-refractivity contribution in [3.8, 4) is 22.5 Å². The maximum atomic E-state index is 6.17. The van der Waals surface area contributed by atoms with Crippen LogP contribution in [0, 0.1) is 6.92 Å². The summed E-state index contributed by atoms with van der Waals surface area (Å²) < 4.78 is 1.64. The fraction of sp³-hybridized carbons (Fsp3) is 0.143. The Balaban J connectivity index is 2.24. The third-order valence-electron chi connectivity index (χ3n) is 3.16. The molecule has 7 heteroatoms. The van der Waals surface area contributed by atoms with Crippen LogP contribution in [0.25, 0.3) is 22.5 Å². The standard InChI is InChI=1S/C14H12Cl2N4S/c1-7-18-11(6-21-7)13-12(14(17)20(2)19-13)8-3-4-9(15)10(16)5-8/h3-6H,17H2,1-2H3. The van der Waals surface area contributed by atoms with Gasteiger partial charge in [-0.25, -0.2) is 4.98 Å². The number of halogens is 2. The van der Waals surface area contributed by atoms with Gasteiger partial charge in [0.05, 0.1) is 20.6 Å². The normalized spacial score (nSPS) is 11.0. The van der Waals surface area contributed by atoms with Gasteiger partial charge in [-0.3, -0.25) is 4.68 Å². The second kappa shape index (κ2) is 5.33. The number of hydrogen-bond acceptors (Lipinski definition) is 4. The lowest BCUT2D eigenvalue weighted by molar-refractivity contribution is 0.781. The Morgan fingerprint density at radius 1 is 1.24 bits per heavy atom. The van der Waals surface area contributed by atoms with E-state index in [4.69, 9.17) is 28.9 Å². The van der Waals surface area contributed by atoms with Crippen LogP contribution >= 0.6 is 34.5 Å². The quantitative estimate of drug-likeness (QED) is 0.752. The number of aryl methyl sites for hydroxylation is 2. The van der Waals surface area contributed by atoms with Crippen LogP contribution < -0.4 is 5.73 Å². The summed E-state index contributed by atoms with van der Waals surface area (Å²) in [5.41, 5.74) is 9.42. The number of nitrogens with zero attached hydrogens (tertiary/aromatic N) is 3. The van der Waals surface area contributed by atoms with Crippen LogP contribution in [0.15, 0.2) is 23.6 Å². The van der Waals surface area contributed by atoms with E-state index in [1.807, 2.05) is 18.4 Å². The largest absolute Gasteiger partial charge is 0.383 e. The van der Waals surface area contributed by atoms with Crippen LogP contribution in [0.2, 0.25) is 10.0 Å². The van der Waals surface area contributed by atoms with Gasteiger partial charge >= 0.3 is 0 Å². The third kappa shape index (κ3) is 2.52. The first-order valence-electron chi connectivity index (χ1n) is 6.17. The number of rotatable bonds is 2. The van der Waals surface area contributed by atoms with Crippen LogP contribution in [0.3, 0.4) is 0 Å². The molecule has 0 atom stereocenters. The second-order valence-electron chi connectivity index (χ2n) is 4.61. The molecule has 0 radical (unpaired) electrons. The highest BCUT2D eigenvalue weighted by Crippen LogP contribution is 2.38. The van der Waals surface area contributed by atoms with Crippen molar-refractivity contribution < 1.29 is 0 Å². The van der Waals surface area contributed by atoms with E-state index in [9.17, 15) is 0 Å². The van der Waals surface area contributed by atoms with Gasteiger partial charge in [0.1, 0.15) is 17.2 Å². The Hall–Kier alpha value is -1.56. The molecule has 0 aliphatic rings. The molecule has 2 N–H and O–H groups in total. The van der Waals surface area contributed by atoms with E-state index in [1.54, 1.807) is 35.2 Å². The number of aromatic nitrogens is 3. The molecule has 0 amide bonds. The molecule has 0 unspecified atom stereocenters. The van der Waals surface area contributed by atoms with Crippen molar-refractivity contribution in [1.82, 2.24) is 14.8 Å². The summed E-state index contributed by atoms with van der Waals surface area (Å²) in [7, 11) is 1.80. The highest BCUT2D eigenvalue weighted by atomic mass is 35.5. The molecular formula is C14H12Cl2N4S. The Morgan fingerprint density at radius 3 is 2.62 bits per heavy atom. The van der Waals surface area contributed by atoms with E-state index in [0.29, 0.717) is 15.9 Å². The number of nitrogens with two attached hydrogens (primary N) is 1. The van der Waals surface area contributed by atoms with E-state index in [2.05, 4.69) is 10.1 Å². The van der Waals surface area contributed by atoms with Crippen molar-refractivity contribution in [2.75, 3.05) is 5.73 Å². The number of benzene rings is 1. The zero-order chi connectivity index (χ0) is 15.1. The molecule has 0 aliphatic carbocycles. The van der Waals surface area contributed by atoms with E-state index < -0.39 is 0 Å². The van der Waals surface area contributed by atoms with Crippen LogP contribution in [-0.2, 0) is 7.05 Å². The summed E-state index contributed by atoms with van der Waals surface area (Å²) in [6, 6.07) is 5.42. The van der Waals surface area contributed by atoms with Gasteiger partial charge < -0.3 is 5.73 Å². The minimum absolute atomic E-state index is 0.484. The lowest BCUT2D eigenvalue weighted by Crippen LogP contribution is -1.98. The summed E-state index contributed by atoms with van der Waals surface area (Å²) in [4.78, 5) is 4.49. The van der Waals surface area contributed by atoms with Gasteiger partial charge in [0.2, 0.25) is 0 Å². The van der Waals surface area contributed by atoms with Crippen LogP contribution in [0.1, 0.15) is 5.01 Å². The Labute approximate surface area is 136 Å². The van der Waals surface area contributed by atoms with E-state index in [0.717, 1.165) is 27.5 Å². The second-order valence-corrected chi connectivity index (χ2v) is 6.49. The van der Waals surface area contributed by atoms with Gasteiger partial charge in [0.15, 0.2) is 0 Å². The fourth-order valence-corrected chi connectivity index (χ4v) is 3.02. The predicted molar refractivity (Wildman–Crippen MR) is 88.9 cm³/mol. The molecule has 108 valence electrons. The molecule has 0 saturated carbocycles. The van der Waals surface area contributed by atoms with Crippen molar-refractivity contribution in [2.45, 2.75) is 6.92 Å². The number of hydrogen-bond donors (Lipinski definition) is 1. The summed E-state index contributed by atoms with van der Waals surface area (Å²) >= 11 is 13.7. The molecule has 0 bridgehead atoms. The first-order chi connectivity index (χ1) is 9.97. The number of anilines is 1. The molecular weight excluding hydrogens is 327 g/mol. The van der Waals surface area contributed by atoms with Crippen LogP contribution in [-0.4, -0.2) is 14.8 Å². The van der Waals surface area contributed by atoms with Crippen molar-refractivity contribution in [2.24, 2.45) is 7.05 Å². The highest BCUT2D eigenvalue weighted by Gasteiger charge is 2.19. The average Bonchev–Trinajstić information content (AvgIpc) is 2.99. The minimum Gasteiger partial charge on any atom is -0.383 e. The number of nitrogen functional groups attached to an aromatic ring is 1. The first-order valence-corrected chi connectivity index (χ1v) is 7.81. The van der Waals surface area contributed by atoms with Gasteiger partial charge in [0.25, 0.3) is 0 Å². The molecule has 0 aliphatic heterocycles. The van der Waals surface area contributed by atoms with Gasteiger partial charge in [-0.05, 0) is 24.6 Å². The molecule has 2 aromatic heterocycles.